The Morgan fingerprint density at radius 3 is 2.94 bits per heavy atom. The van der Waals surface area contributed by atoms with Crippen molar-refractivity contribution in [3.8, 4) is 17.6 Å². The number of hydrogen-bond acceptors (Lipinski definition) is 8. The molecule has 1 aromatic heterocycles. The van der Waals surface area contributed by atoms with Crippen molar-refractivity contribution in [1.29, 1.82) is 5.26 Å². The average Bonchev–Trinajstić information content (AvgIpc) is 3.17. The number of carbonyl (C=O) groups is 1. The Kier molecular flexibility index (Phi) is 5.92. The van der Waals surface area contributed by atoms with Crippen LogP contribution in [0.4, 0.5) is 24.7 Å². The summed E-state index contributed by atoms with van der Waals surface area (Å²) in [7, 11) is -1.44. The number of hydrogen-bond donors (Lipinski definition) is 3. The third-order valence-corrected chi connectivity index (χ3v) is 5.08. The van der Waals surface area contributed by atoms with Gasteiger partial charge in [0.15, 0.2) is 17.3 Å². The first-order chi connectivity index (χ1) is 15.6. The number of primary amides is 1. The van der Waals surface area contributed by atoms with E-state index in [1.807, 2.05) is 0 Å². The molecule has 1 aromatic carbocycles. The molecule has 1 unspecified atom stereocenters. The number of benzene rings is 1. The van der Waals surface area contributed by atoms with Gasteiger partial charge in [-0.15, -0.1) is 13.2 Å². The molecule has 172 valence electrons. The van der Waals surface area contributed by atoms with Crippen LogP contribution in [0.25, 0.3) is 6.08 Å². The Bertz CT molecular complexity index is 1150. The van der Waals surface area contributed by atoms with Gasteiger partial charge in [0.2, 0.25) is 0 Å². The van der Waals surface area contributed by atoms with E-state index in [2.05, 4.69) is 21.2 Å². The topological polar surface area (TPSA) is 145 Å². The zero-order valence-corrected chi connectivity index (χ0v) is 16.9. The molecule has 0 radical (unpaired) electrons. The van der Waals surface area contributed by atoms with Gasteiger partial charge in [0.05, 0.1) is 24.6 Å². The molecule has 2 aliphatic heterocycles. The summed E-state index contributed by atoms with van der Waals surface area (Å²) < 4.78 is 54.7. The molecular weight excluding hydrogens is 446 g/mol. The molecule has 4 rings (SSSR count). The van der Waals surface area contributed by atoms with Crippen molar-refractivity contribution < 1.29 is 37.1 Å². The van der Waals surface area contributed by atoms with Gasteiger partial charge in [-0.05, 0) is 18.5 Å². The van der Waals surface area contributed by atoms with E-state index in [1.54, 1.807) is 0 Å². The minimum atomic E-state index is -5.02. The molecule has 4 N–H and O–H groups in total. The van der Waals surface area contributed by atoms with Crippen molar-refractivity contribution in [2.45, 2.75) is 18.8 Å². The highest BCUT2D eigenvalue weighted by Crippen LogP contribution is 2.41. The van der Waals surface area contributed by atoms with Crippen LogP contribution in [0.3, 0.4) is 0 Å². The lowest BCUT2D eigenvalue weighted by atomic mass is 9.86. The lowest BCUT2D eigenvalue weighted by Gasteiger charge is -2.27. The van der Waals surface area contributed by atoms with Crippen LogP contribution in [-0.4, -0.2) is 47.4 Å². The van der Waals surface area contributed by atoms with Crippen molar-refractivity contribution in [2.75, 3.05) is 18.5 Å². The van der Waals surface area contributed by atoms with E-state index >= 15 is 0 Å². The smallest absolute Gasteiger partial charge is 0.530 e. The Morgan fingerprint density at radius 2 is 2.24 bits per heavy atom. The van der Waals surface area contributed by atoms with Gasteiger partial charge in [0.25, 0.3) is 5.91 Å². The van der Waals surface area contributed by atoms with Gasteiger partial charge in [-0.3, -0.25) is 9.48 Å². The molecular formula is C19H17BF3N5O5. The van der Waals surface area contributed by atoms with Gasteiger partial charge >= 0.3 is 13.5 Å². The molecule has 0 spiro atoms. The van der Waals surface area contributed by atoms with E-state index in [4.69, 9.17) is 15.1 Å². The number of nitrogens with zero attached hydrogens (tertiary/aromatic N) is 3. The van der Waals surface area contributed by atoms with Gasteiger partial charge in [-0.2, -0.15) is 10.4 Å². The summed E-state index contributed by atoms with van der Waals surface area (Å²) in [6, 6.07) is 4.13. The molecule has 2 aromatic rings. The molecule has 1 saturated heterocycles. The quantitative estimate of drug-likeness (QED) is 0.573. The van der Waals surface area contributed by atoms with Gasteiger partial charge in [-0.25, -0.2) is 0 Å². The SMILES string of the molecule is N#CC1CCOC[C@@H]1n1cc(C(N)=O)c(Nc2cc3c(c(OC(F)(F)F)c2)OB(O)C=C3)n1. The molecule has 0 aliphatic carbocycles. The second-order valence-corrected chi connectivity index (χ2v) is 7.34. The number of amides is 1. The van der Waals surface area contributed by atoms with Crippen LogP contribution in [0.5, 0.6) is 11.5 Å². The lowest BCUT2D eigenvalue weighted by molar-refractivity contribution is -0.275. The summed E-state index contributed by atoms with van der Waals surface area (Å²) >= 11 is 0. The first kappa shape index (κ1) is 22.5. The van der Waals surface area contributed by atoms with E-state index in [1.165, 1.54) is 29.0 Å². The zero-order chi connectivity index (χ0) is 23.8. The highest BCUT2D eigenvalue weighted by Gasteiger charge is 2.35. The molecule has 1 amide bonds. The molecule has 2 atom stereocenters. The van der Waals surface area contributed by atoms with E-state index in [0.29, 0.717) is 13.0 Å². The number of nitrogens with one attached hydrogen (secondary N) is 1. The number of rotatable bonds is 5. The number of carbonyl (C=O) groups excluding carboxylic acids is 1. The number of nitrogens with two attached hydrogens (primary N) is 1. The van der Waals surface area contributed by atoms with Gasteiger partial charge in [-0.1, -0.05) is 6.08 Å². The third-order valence-electron chi connectivity index (χ3n) is 5.08. The number of anilines is 2. The molecule has 0 saturated carbocycles. The van der Waals surface area contributed by atoms with Crippen LogP contribution in [0, 0.1) is 17.2 Å². The fourth-order valence-corrected chi connectivity index (χ4v) is 3.60. The van der Waals surface area contributed by atoms with Crippen molar-refractivity contribution in [3.63, 3.8) is 0 Å². The van der Waals surface area contributed by atoms with Crippen LogP contribution in [-0.2, 0) is 4.74 Å². The zero-order valence-electron chi connectivity index (χ0n) is 16.9. The first-order valence-electron chi connectivity index (χ1n) is 9.74. The predicted molar refractivity (Wildman–Crippen MR) is 108 cm³/mol. The summed E-state index contributed by atoms with van der Waals surface area (Å²) in [6.45, 7) is 0.621. The first-order valence-corrected chi connectivity index (χ1v) is 9.74. The van der Waals surface area contributed by atoms with Crippen LogP contribution >= 0.6 is 0 Å². The monoisotopic (exact) mass is 463 g/mol. The van der Waals surface area contributed by atoms with Gasteiger partial charge in [0.1, 0.15) is 5.56 Å². The predicted octanol–water partition coefficient (Wildman–Crippen LogP) is 2.15. The summed E-state index contributed by atoms with van der Waals surface area (Å²) in [6.07, 6.45) is -1.81. The maximum absolute atomic E-state index is 12.9. The van der Waals surface area contributed by atoms with Crippen molar-refractivity contribution in [2.24, 2.45) is 11.7 Å². The van der Waals surface area contributed by atoms with Crippen molar-refractivity contribution in [1.82, 2.24) is 9.78 Å². The second-order valence-electron chi connectivity index (χ2n) is 7.34. The highest BCUT2D eigenvalue weighted by atomic mass is 19.4. The van der Waals surface area contributed by atoms with Crippen molar-refractivity contribution in [3.05, 3.63) is 35.4 Å². The van der Waals surface area contributed by atoms with Crippen LogP contribution in [0.2, 0.25) is 0 Å². The van der Waals surface area contributed by atoms with Crippen LogP contribution < -0.4 is 20.4 Å². The highest BCUT2D eigenvalue weighted by molar-refractivity contribution is 6.51. The maximum atomic E-state index is 12.9. The minimum Gasteiger partial charge on any atom is -0.530 e. The molecule has 14 heteroatoms. The molecule has 3 heterocycles. The largest absolute Gasteiger partial charge is 0.573 e. The lowest BCUT2D eigenvalue weighted by Crippen LogP contribution is -2.29. The molecule has 33 heavy (non-hydrogen) atoms. The minimum absolute atomic E-state index is 0.0246. The molecule has 2 aliphatic rings. The maximum Gasteiger partial charge on any atom is 0.573 e. The normalized spacial score (nSPS) is 19.9. The molecule has 1 fully saturated rings. The van der Waals surface area contributed by atoms with Crippen LogP contribution in [0.1, 0.15) is 28.4 Å². The Balaban J connectivity index is 1.71. The number of fused-ring (bicyclic) bond motifs is 1. The summed E-state index contributed by atoms with van der Waals surface area (Å²) in [4.78, 5) is 12.0. The van der Waals surface area contributed by atoms with Gasteiger partial charge < -0.3 is 30.2 Å². The van der Waals surface area contributed by atoms with E-state index < -0.39 is 37.1 Å². The molecule has 10 nitrogen and oxygen atoms in total. The summed E-state index contributed by atoms with van der Waals surface area (Å²) in [5, 5.41) is 26.1. The fraction of sp³-hybridized carbons (Fsp3) is 0.316. The second kappa shape index (κ2) is 8.68. The Labute approximate surface area is 185 Å². The third kappa shape index (κ3) is 4.89. The standard InChI is InChI=1S/C19H17BF3N5O5/c21-19(22,23)32-15-6-12(5-10-1-3-20(30)33-16(10)15)26-18-13(17(25)29)8-28(27-18)14-9-31-4-2-11(14)7-24/h1,3,5-6,8,11,14,30H,2,4,9H2,(H2,25,29)(H,26,27)/t11?,14-/m0/s1. The number of alkyl halides is 3. The number of aromatic nitrogens is 2. The summed E-state index contributed by atoms with van der Waals surface area (Å²) in [5.41, 5.74) is 5.70. The Hall–Kier alpha value is -3.70. The summed E-state index contributed by atoms with van der Waals surface area (Å²) in [5.74, 6) is -1.02. The van der Waals surface area contributed by atoms with E-state index in [-0.39, 0.29) is 35.0 Å². The average molecular weight is 463 g/mol. The number of ether oxygens (including phenoxy) is 2. The van der Waals surface area contributed by atoms with Crippen molar-refractivity contribution >= 4 is 30.6 Å². The van der Waals surface area contributed by atoms with E-state index in [9.17, 15) is 28.3 Å². The number of nitriles is 1. The number of halogens is 3. The Morgan fingerprint density at radius 1 is 1.45 bits per heavy atom. The fourth-order valence-electron chi connectivity index (χ4n) is 3.60. The van der Waals surface area contributed by atoms with E-state index in [0.717, 1.165) is 6.07 Å². The molecule has 0 bridgehead atoms. The van der Waals surface area contributed by atoms with Gasteiger partial charge in [0, 0.05) is 30.1 Å². The van der Waals surface area contributed by atoms with Crippen LogP contribution in [0.15, 0.2) is 24.3 Å².